The summed E-state index contributed by atoms with van der Waals surface area (Å²) in [7, 11) is 0. The fraction of sp³-hybridized carbons (Fsp3) is 0.774. The lowest BCUT2D eigenvalue weighted by molar-refractivity contribution is -0.134. The van der Waals surface area contributed by atoms with Gasteiger partial charge >= 0.3 is 0 Å². The molecule has 1 aromatic rings. The van der Waals surface area contributed by atoms with Crippen LogP contribution < -0.4 is 10.6 Å². The number of hydrogen-bond acceptors (Lipinski definition) is 4. The van der Waals surface area contributed by atoms with Crippen molar-refractivity contribution in [3.8, 4) is 0 Å². The largest absolute Gasteiger partial charge is 0.339 e. The summed E-state index contributed by atoms with van der Waals surface area (Å²) in [5.74, 6) is 2.10. The van der Waals surface area contributed by atoms with Crippen LogP contribution in [0.5, 0.6) is 0 Å². The average molecular weight is 497 g/mol. The molecule has 0 aromatic heterocycles. The summed E-state index contributed by atoms with van der Waals surface area (Å²) in [4.78, 5) is 21.3. The van der Waals surface area contributed by atoms with Gasteiger partial charge in [-0.25, -0.2) is 0 Å². The highest BCUT2D eigenvalue weighted by atomic mass is 16.2. The summed E-state index contributed by atoms with van der Waals surface area (Å²) in [6, 6.07) is 11.4. The Kier molecular flexibility index (Phi) is 10.1. The molecule has 3 aliphatic rings. The topological polar surface area (TPSA) is 52.8 Å². The van der Waals surface area contributed by atoms with Gasteiger partial charge in [-0.2, -0.15) is 0 Å². The predicted octanol–water partition coefficient (Wildman–Crippen LogP) is 6.03. The van der Waals surface area contributed by atoms with Gasteiger partial charge in [-0.05, 0) is 81.9 Å². The fourth-order valence-corrected chi connectivity index (χ4v) is 7.10. The third kappa shape index (κ3) is 6.45. The van der Waals surface area contributed by atoms with Gasteiger partial charge in [-0.1, -0.05) is 64.2 Å². The number of anilines is 1. The number of para-hydroxylation sites is 1. The van der Waals surface area contributed by atoms with E-state index < -0.39 is 0 Å². The molecule has 36 heavy (non-hydrogen) atoms. The third-order valence-electron chi connectivity index (χ3n) is 9.54. The highest BCUT2D eigenvalue weighted by Gasteiger charge is 2.53. The number of nitrogens with zero attached hydrogens (tertiary/aromatic N) is 3. The van der Waals surface area contributed by atoms with Crippen molar-refractivity contribution < 1.29 is 4.79 Å². The van der Waals surface area contributed by atoms with Crippen LogP contribution >= 0.6 is 0 Å². The molecule has 1 aliphatic carbocycles. The normalized spacial score (nSPS) is 24.8. The molecule has 0 bridgehead atoms. The number of benzene rings is 1. The predicted molar refractivity (Wildman–Crippen MR) is 151 cm³/mol. The highest BCUT2D eigenvalue weighted by molar-refractivity contribution is 5.93. The monoisotopic (exact) mass is 496 g/mol. The molecule has 5 heteroatoms. The van der Waals surface area contributed by atoms with Gasteiger partial charge in [0.25, 0.3) is 0 Å². The van der Waals surface area contributed by atoms with E-state index >= 15 is 0 Å². The number of piperidine rings is 1. The SMILES string of the molecule is CC(C)C1CCC(N2CCC3(CC2)C(=O)N(CCCCCCCCCN)CN3c2ccccc2)CC1. The molecule has 1 aromatic carbocycles. The Balaban J connectivity index is 1.33. The Labute approximate surface area is 220 Å². The van der Waals surface area contributed by atoms with E-state index in [2.05, 4.69) is 58.9 Å². The average Bonchev–Trinajstić information content (AvgIpc) is 3.17. The van der Waals surface area contributed by atoms with Crippen LogP contribution in [0, 0.1) is 11.8 Å². The van der Waals surface area contributed by atoms with Crippen molar-refractivity contribution in [2.24, 2.45) is 17.6 Å². The van der Waals surface area contributed by atoms with Crippen LogP contribution in [0.15, 0.2) is 30.3 Å². The smallest absolute Gasteiger partial charge is 0.250 e. The maximum absolute atomic E-state index is 14.0. The van der Waals surface area contributed by atoms with Crippen LogP contribution in [-0.4, -0.2) is 60.1 Å². The van der Waals surface area contributed by atoms with E-state index in [1.54, 1.807) is 0 Å². The van der Waals surface area contributed by atoms with Gasteiger partial charge in [0, 0.05) is 31.4 Å². The van der Waals surface area contributed by atoms with Crippen LogP contribution in [0.2, 0.25) is 0 Å². The summed E-state index contributed by atoms with van der Waals surface area (Å²) in [6.07, 6.45) is 15.9. The van der Waals surface area contributed by atoms with Gasteiger partial charge in [0.05, 0.1) is 6.67 Å². The minimum absolute atomic E-state index is 0.352. The van der Waals surface area contributed by atoms with Gasteiger partial charge in [0.1, 0.15) is 5.54 Å². The van der Waals surface area contributed by atoms with Crippen molar-refractivity contribution in [1.82, 2.24) is 9.80 Å². The summed E-state index contributed by atoms with van der Waals surface area (Å²) >= 11 is 0. The third-order valence-corrected chi connectivity index (χ3v) is 9.54. The number of likely N-dealkylation sites (tertiary alicyclic amines) is 1. The highest BCUT2D eigenvalue weighted by Crippen LogP contribution is 2.41. The molecule has 1 amide bonds. The first kappa shape index (κ1) is 27.4. The molecule has 2 heterocycles. The van der Waals surface area contributed by atoms with E-state index in [0.717, 1.165) is 76.4 Å². The summed E-state index contributed by atoms with van der Waals surface area (Å²) in [6.45, 7) is 9.34. The number of hydrogen-bond donors (Lipinski definition) is 1. The van der Waals surface area contributed by atoms with E-state index in [4.69, 9.17) is 5.73 Å². The molecule has 0 atom stereocenters. The molecule has 202 valence electrons. The second-order valence-corrected chi connectivity index (χ2v) is 12.1. The molecule has 2 N–H and O–H groups in total. The zero-order chi connectivity index (χ0) is 25.4. The quantitative estimate of drug-likeness (QED) is 0.359. The first-order chi connectivity index (χ1) is 17.5. The minimum Gasteiger partial charge on any atom is -0.339 e. The number of rotatable bonds is 12. The molecule has 2 saturated heterocycles. The van der Waals surface area contributed by atoms with Crippen LogP contribution in [-0.2, 0) is 4.79 Å². The van der Waals surface area contributed by atoms with Crippen molar-refractivity contribution in [2.75, 3.05) is 37.7 Å². The number of carbonyl (C=O) groups is 1. The van der Waals surface area contributed by atoms with Gasteiger partial charge in [0.2, 0.25) is 5.91 Å². The molecule has 4 rings (SSSR count). The number of nitrogens with two attached hydrogens (primary N) is 1. The van der Waals surface area contributed by atoms with E-state index in [1.807, 2.05) is 0 Å². The molecule has 2 aliphatic heterocycles. The van der Waals surface area contributed by atoms with Crippen LogP contribution in [0.4, 0.5) is 5.69 Å². The van der Waals surface area contributed by atoms with E-state index in [9.17, 15) is 4.79 Å². The van der Waals surface area contributed by atoms with E-state index in [1.165, 1.54) is 63.5 Å². The Morgan fingerprint density at radius 3 is 2.11 bits per heavy atom. The minimum atomic E-state index is -0.352. The van der Waals surface area contributed by atoms with Crippen LogP contribution in [0.1, 0.15) is 97.3 Å². The van der Waals surface area contributed by atoms with Crippen molar-refractivity contribution >= 4 is 11.6 Å². The first-order valence-electron chi connectivity index (χ1n) is 15.1. The molecule has 0 radical (unpaired) electrons. The van der Waals surface area contributed by atoms with E-state index in [-0.39, 0.29) is 5.54 Å². The summed E-state index contributed by atoms with van der Waals surface area (Å²) < 4.78 is 0. The van der Waals surface area contributed by atoms with Crippen molar-refractivity contribution in [1.29, 1.82) is 0 Å². The second-order valence-electron chi connectivity index (χ2n) is 12.1. The zero-order valence-electron chi connectivity index (χ0n) is 23.2. The Hall–Kier alpha value is -1.59. The molecular weight excluding hydrogens is 444 g/mol. The van der Waals surface area contributed by atoms with Crippen LogP contribution in [0.25, 0.3) is 0 Å². The van der Waals surface area contributed by atoms with Gasteiger partial charge < -0.3 is 20.4 Å². The first-order valence-corrected chi connectivity index (χ1v) is 15.1. The molecule has 0 unspecified atom stereocenters. The molecule has 1 spiro atoms. The fourth-order valence-electron chi connectivity index (χ4n) is 7.10. The lowest BCUT2D eigenvalue weighted by Gasteiger charge is -2.47. The van der Waals surface area contributed by atoms with Gasteiger partial charge in [-0.15, -0.1) is 0 Å². The van der Waals surface area contributed by atoms with Crippen molar-refractivity contribution in [2.45, 2.75) is 109 Å². The molecular formula is C31H52N4O. The standard InChI is InChI=1S/C31H52N4O/c1-26(2)27-15-17-28(18-16-27)33-23-19-31(20-24-33)30(36)34(22-12-7-5-3-4-6-11-21-32)25-35(31)29-13-9-8-10-14-29/h8-10,13-14,26-28H,3-7,11-12,15-25,32H2,1-2H3. The lowest BCUT2D eigenvalue weighted by Crippen LogP contribution is -2.58. The zero-order valence-corrected chi connectivity index (χ0v) is 23.2. The summed E-state index contributed by atoms with van der Waals surface area (Å²) in [5.41, 5.74) is 6.46. The molecule has 1 saturated carbocycles. The second kappa shape index (κ2) is 13.3. The summed E-state index contributed by atoms with van der Waals surface area (Å²) in [5, 5.41) is 0. The van der Waals surface area contributed by atoms with E-state index in [0.29, 0.717) is 5.91 Å². The van der Waals surface area contributed by atoms with Crippen molar-refractivity contribution in [3.63, 3.8) is 0 Å². The van der Waals surface area contributed by atoms with Crippen LogP contribution in [0.3, 0.4) is 0 Å². The maximum Gasteiger partial charge on any atom is 0.250 e. The lowest BCUT2D eigenvalue weighted by atomic mass is 9.78. The number of carbonyl (C=O) groups excluding carboxylic acids is 1. The Morgan fingerprint density at radius 1 is 0.889 bits per heavy atom. The Bertz CT molecular complexity index is 781. The number of unbranched alkanes of at least 4 members (excludes halogenated alkanes) is 6. The Morgan fingerprint density at radius 2 is 1.50 bits per heavy atom. The molecule has 3 fully saturated rings. The molecule has 5 nitrogen and oxygen atoms in total. The van der Waals surface area contributed by atoms with Gasteiger partial charge in [-0.3, -0.25) is 4.79 Å². The number of amides is 1. The van der Waals surface area contributed by atoms with Gasteiger partial charge in [0.15, 0.2) is 0 Å². The van der Waals surface area contributed by atoms with Crippen molar-refractivity contribution in [3.05, 3.63) is 30.3 Å². The maximum atomic E-state index is 14.0.